The molecule has 1 rings (SSSR count). The summed E-state index contributed by atoms with van der Waals surface area (Å²) in [6.45, 7) is -0.487. The monoisotopic (exact) mass is 212 g/mol. The molecule has 0 aromatic heterocycles. The largest absolute Gasteiger partial charge is 0.478 e. The van der Waals surface area contributed by atoms with Gasteiger partial charge in [0.2, 0.25) is 0 Å². The molecule has 0 fully saturated rings. The van der Waals surface area contributed by atoms with Crippen molar-refractivity contribution >= 4 is 5.97 Å². The molecule has 0 aliphatic heterocycles. The summed E-state index contributed by atoms with van der Waals surface area (Å²) in [5, 5.41) is 16.9. The summed E-state index contributed by atoms with van der Waals surface area (Å²) in [6.07, 6.45) is 0. The van der Waals surface area contributed by atoms with Crippen molar-refractivity contribution in [1.29, 1.82) is 0 Å². The van der Waals surface area contributed by atoms with Crippen LogP contribution in [0.15, 0.2) is 12.1 Å². The van der Waals surface area contributed by atoms with Crippen LogP contribution in [0.25, 0.3) is 0 Å². The van der Waals surface area contributed by atoms with Crippen LogP contribution in [0.5, 0.6) is 0 Å². The Hall–Kier alpha value is -1.93. The molecule has 15 heavy (non-hydrogen) atoms. The zero-order chi connectivity index (χ0) is 11.4. The first-order valence-electron chi connectivity index (χ1n) is 3.88. The number of carboxylic acid groups (broad SMARTS) is 1. The highest BCUT2D eigenvalue weighted by molar-refractivity contribution is 5.88. The molecule has 78 valence electrons. The zero-order valence-corrected chi connectivity index (χ0v) is 7.42. The number of benzene rings is 1. The minimum Gasteiger partial charge on any atom is -0.478 e. The molecule has 5 heteroatoms. The van der Waals surface area contributed by atoms with Crippen molar-refractivity contribution in [3.63, 3.8) is 0 Å². The minimum absolute atomic E-state index is 0.261. The van der Waals surface area contributed by atoms with Crippen LogP contribution in [-0.2, 0) is 0 Å². The van der Waals surface area contributed by atoms with Gasteiger partial charge in [-0.25, -0.2) is 13.6 Å². The molecule has 0 unspecified atom stereocenters. The van der Waals surface area contributed by atoms with Gasteiger partial charge in [-0.15, -0.1) is 0 Å². The molecule has 2 N–H and O–H groups in total. The Bertz CT molecular complexity index is 458. The summed E-state index contributed by atoms with van der Waals surface area (Å²) in [5.74, 6) is 0.703. The van der Waals surface area contributed by atoms with Crippen molar-refractivity contribution < 1.29 is 23.8 Å². The van der Waals surface area contributed by atoms with Gasteiger partial charge in [0, 0.05) is 6.07 Å². The molecule has 0 aliphatic rings. The lowest BCUT2D eigenvalue weighted by atomic mass is 10.1. The van der Waals surface area contributed by atoms with E-state index in [1.165, 1.54) is 0 Å². The van der Waals surface area contributed by atoms with Crippen molar-refractivity contribution in [2.24, 2.45) is 0 Å². The minimum atomic E-state index is -1.50. The summed E-state index contributed by atoms with van der Waals surface area (Å²) >= 11 is 0. The van der Waals surface area contributed by atoms with E-state index in [1.54, 1.807) is 0 Å². The van der Waals surface area contributed by atoms with Gasteiger partial charge < -0.3 is 10.2 Å². The number of rotatable bonds is 1. The molecule has 0 saturated carbocycles. The average Bonchev–Trinajstić information content (AvgIpc) is 2.16. The first kappa shape index (κ1) is 11.1. The number of carbonyl (C=O) groups is 1. The van der Waals surface area contributed by atoms with Gasteiger partial charge in [-0.3, -0.25) is 0 Å². The first-order chi connectivity index (χ1) is 7.06. The molecule has 0 amide bonds. The number of aliphatic hydroxyl groups is 1. The Labute approximate surface area is 84.0 Å². The smallest absolute Gasteiger partial charge is 0.338 e. The predicted octanol–water partition coefficient (Wildman–Crippen LogP) is 1.01. The molecule has 0 aliphatic carbocycles. The third-order valence-electron chi connectivity index (χ3n) is 1.59. The second-order valence-electron chi connectivity index (χ2n) is 2.58. The van der Waals surface area contributed by atoms with E-state index in [2.05, 4.69) is 11.8 Å². The Balaban J connectivity index is 3.29. The standard InChI is InChI=1S/C10H6F2O3/c11-8-5-9(12)7(10(14)15)4-6(8)2-1-3-13/h4-5,13H,3H2,(H,14,15). The molecule has 1 aromatic carbocycles. The van der Waals surface area contributed by atoms with Crippen LogP contribution in [0.2, 0.25) is 0 Å². The fourth-order valence-corrected chi connectivity index (χ4v) is 0.943. The first-order valence-corrected chi connectivity index (χ1v) is 3.88. The van der Waals surface area contributed by atoms with Crippen molar-refractivity contribution in [3.8, 4) is 11.8 Å². The lowest BCUT2D eigenvalue weighted by Crippen LogP contribution is -2.02. The molecule has 0 radical (unpaired) electrons. The van der Waals surface area contributed by atoms with Crippen molar-refractivity contribution in [2.75, 3.05) is 6.61 Å². The van der Waals surface area contributed by atoms with Gasteiger partial charge in [0.05, 0.1) is 11.1 Å². The number of aliphatic hydroxyl groups excluding tert-OH is 1. The van der Waals surface area contributed by atoms with Gasteiger partial charge >= 0.3 is 5.97 Å². The second kappa shape index (κ2) is 4.53. The molecule has 0 bridgehead atoms. The van der Waals surface area contributed by atoms with E-state index in [-0.39, 0.29) is 5.56 Å². The SMILES string of the molecule is O=C(O)c1cc(C#CCO)c(F)cc1F. The van der Waals surface area contributed by atoms with Gasteiger partial charge in [-0.2, -0.15) is 0 Å². The summed E-state index contributed by atoms with van der Waals surface area (Å²) in [5.41, 5.74) is -0.915. The van der Waals surface area contributed by atoms with E-state index >= 15 is 0 Å². The van der Waals surface area contributed by atoms with Crippen LogP contribution in [-0.4, -0.2) is 22.8 Å². The van der Waals surface area contributed by atoms with E-state index in [0.717, 1.165) is 6.07 Å². The molecular formula is C10H6F2O3. The van der Waals surface area contributed by atoms with Crippen molar-refractivity contribution in [1.82, 2.24) is 0 Å². The highest BCUT2D eigenvalue weighted by Gasteiger charge is 2.13. The van der Waals surface area contributed by atoms with E-state index in [9.17, 15) is 13.6 Å². The van der Waals surface area contributed by atoms with Crippen LogP contribution in [0.3, 0.4) is 0 Å². The number of hydrogen-bond acceptors (Lipinski definition) is 2. The number of carboxylic acids is 1. The number of halogens is 2. The van der Waals surface area contributed by atoms with Crippen LogP contribution >= 0.6 is 0 Å². The third kappa shape index (κ3) is 2.51. The van der Waals surface area contributed by atoms with Crippen LogP contribution in [0.1, 0.15) is 15.9 Å². The van der Waals surface area contributed by atoms with Crippen molar-refractivity contribution in [3.05, 3.63) is 34.9 Å². The van der Waals surface area contributed by atoms with E-state index in [1.807, 2.05) is 0 Å². The summed E-state index contributed by atoms with van der Waals surface area (Å²) in [4.78, 5) is 10.5. The summed E-state index contributed by atoms with van der Waals surface area (Å²) < 4.78 is 25.9. The molecule has 0 heterocycles. The lowest BCUT2D eigenvalue weighted by Gasteiger charge is -1.99. The van der Waals surface area contributed by atoms with Gasteiger partial charge in [0.15, 0.2) is 0 Å². The third-order valence-corrected chi connectivity index (χ3v) is 1.59. The van der Waals surface area contributed by atoms with Crippen LogP contribution in [0.4, 0.5) is 8.78 Å². The highest BCUT2D eigenvalue weighted by atomic mass is 19.1. The van der Waals surface area contributed by atoms with E-state index in [4.69, 9.17) is 10.2 Å². The van der Waals surface area contributed by atoms with Crippen LogP contribution in [0, 0.1) is 23.5 Å². The maximum atomic E-state index is 13.0. The molecule has 0 atom stereocenters. The van der Waals surface area contributed by atoms with E-state index in [0.29, 0.717) is 6.07 Å². The number of aromatic carboxylic acids is 1. The van der Waals surface area contributed by atoms with Gasteiger partial charge in [0.25, 0.3) is 0 Å². The Morgan fingerprint density at radius 1 is 1.33 bits per heavy atom. The maximum absolute atomic E-state index is 13.0. The normalized spacial score (nSPS) is 9.27. The van der Waals surface area contributed by atoms with Crippen molar-refractivity contribution in [2.45, 2.75) is 0 Å². The predicted molar refractivity (Wildman–Crippen MR) is 47.3 cm³/mol. The fourth-order valence-electron chi connectivity index (χ4n) is 0.943. The van der Waals surface area contributed by atoms with Gasteiger partial charge in [0.1, 0.15) is 18.2 Å². The Morgan fingerprint density at radius 2 is 2.00 bits per heavy atom. The molecular weight excluding hydrogens is 206 g/mol. The fraction of sp³-hybridized carbons (Fsp3) is 0.100. The highest BCUT2D eigenvalue weighted by Crippen LogP contribution is 2.14. The van der Waals surface area contributed by atoms with E-state index < -0.39 is 29.8 Å². The van der Waals surface area contributed by atoms with Gasteiger partial charge in [-0.1, -0.05) is 11.8 Å². The summed E-state index contributed by atoms with van der Waals surface area (Å²) in [7, 11) is 0. The second-order valence-corrected chi connectivity index (χ2v) is 2.58. The lowest BCUT2D eigenvalue weighted by molar-refractivity contribution is 0.0691. The topological polar surface area (TPSA) is 57.5 Å². The molecule has 1 aromatic rings. The molecule has 3 nitrogen and oxygen atoms in total. The summed E-state index contributed by atoms with van der Waals surface area (Å²) in [6, 6.07) is 1.24. The zero-order valence-electron chi connectivity index (χ0n) is 7.42. The average molecular weight is 212 g/mol. The molecule has 0 spiro atoms. The van der Waals surface area contributed by atoms with Gasteiger partial charge in [-0.05, 0) is 6.07 Å². The maximum Gasteiger partial charge on any atom is 0.338 e. The molecule has 0 saturated heterocycles. The Kier molecular flexibility index (Phi) is 3.37. The van der Waals surface area contributed by atoms with Crippen LogP contribution < -0.4 is 0 Å². The number of hydrogen-bond donors (Lipinski definition) is 2. The quantitative estimate of drug-likeness (QED) is 0.683. The Morgan fingerprint density at radius 3 is 2.53 bits per heavy atom.